The van der Waals surface area contributed by atoms with Gasteiger partial charge in [-0.3, -0.25) is 0 Å². The Morgan fingerprint density at radius 3 is 2.79 bits per heavy atom. The summed E-state index contributed by atoms with van der Waals surface area (Å²) in [5.41, 5.74) is 2.59. The maximum Gasteiger partial charge on any atom is 0.101 e. The number of anilines is 1. The van der Waals surface area contributed by atoms with Crippen molar-refractivity contribution in [3.05, 3.63) is 29.3 Å². The average Bonchev–Trinajstić information content (AvgIpc) is 2.17. The Labute approximate surface area is 84.2 Å². The van der Waals surface area contributed by atoms with Gasteiger partial charge in [0.15, 0.2) is 0 Å². The molecule has 0 bridgehead atoms. The fourth-order valence-corrected chi connectivity index (χ4v) is 1.34. The fourth-order valence-electron chi connectivity index (χ4n) is 1.34. The maximum atomic E-state index is 8.92. The lowest BCUT2D eigenvalue weighted by atomic mass is 10.1. The smallest absolute Gasteiger partial charge is 0.101 e. The van der Waals surface area contributed by atoms with Crippen molar-refractivity contribution >= 4 is 5.69 Å². The number of aliphatic hydroxyl groups excluding tert-OH is 1. The number of aliphatic hydroxyl groups is 1. The minimum Gasteiger partial charge on any atom is -0.395 e. The van der Waals surface area contributed by atoms with Gasteiger partial charge in [0, 0.05) is 13.6 Å². The molecule has 0 aromatic heterocycles. The molecule has 3 heteroatoms. The largest absolute Gasteiger partial charge is 0.395 e. The number of nitrogens with zero attached hydrogens (tertiary/aromatic N) is 2. The van der Waals surface area contributed by atoms with Crippen LogP contribution < -0.4 is 4.90 Å². The zero-order valence-corrected chi connectivity index (χ0v) is 8.49. The molecule has 1 rings (SSSR count). The first-order valence-electron chi connectivity index (χ1n) is 4.51. The molecule has 14 heavy (non-hydrogen) atoms. The molecule has 0 saturated heterocycles. The van der Waals surface area contributed by atoms with Crippen molar-refractivity contribution in [2.24, 2.45) is 0 Å². The van der Waals surface area contributed by atoms with Crippen LogP contribution in [0.4, 0.5) is 5.69 Å². The van der Waals surface area contributed by atoms with Crippen LogP contribution in [0.2, 0.25) is 0 Å². The lowest BCUT2D eigenvalue weighted by molar-refractivity contribution is 0.304. The molecule has 0 heterocycles. The molecule has 0 aliphatic heterocycles. The number of hydrogen-bond donors (Lipinski definition) is 1. The zero-order valence-electron chi connectivity index (χ0n) is 8.49. The van der Waals surface area contributed by atoms with E-state index in [9.17, 15) is 0 Å². The summed E-state index contributed by atoms with van der Waals surface area (Å²) in [6.45, 7) is 2.59. The van der Waals surface area contributed by atoms with Crippen LogP contribution in [0.1, 0.15) is 11.1 Å². The second-order valence-electron chi connectivity index (χ2n) is 3.28. The van der Waals surface area contributed by atoms with E-state index in [1.807, 2.05) is 37.1 Å². The molecule has 0 amide bonds. The Morgan fingerprint density at radius 1 is 1.50 bits per heavy atom. The third kappa shape index (κ3) is 2.24. The summed E-state index contributed by atoms with van der Waals surface area (Å²) in [6.07, 6.45) is 0. The van der Waals surface area contributed by atoms with Crippen molar-refractivity contribution in [1.29, 1.82) is 5.26 Å². The molecule has 1 aromatic rings. The third-order valence-corrected chi connectivity index (χ3v) is 2.12. The van der Waals surface area contributed by atoms with Gasteiger partial charge in [0.1, 0.15) is 6.07 Å². The first-order chi connectivity index (χ1) is 6.69. The highest BCUT2D eigenvalue weighted by Gasteiger charge is 2.06. The summed E-state index contributed by atoms with van der Waals surface area (Å²) in [6, 6.07) is 7.87. The maximum absolute atomic E-state index is 8.92. The van der Waals surface area contributed by atoms with Crippen LogP contribution in [0.15, 0.2) is 18.2 Å². The number of benzene rings is 1. The summed E-state index contributed by atoms with van der Waals surface area (Å²) in [5, 5.41) is 17.7. The Bertz CT molecular complexity index is 355. The summed E-state index contributed by atoms with van der Waals surface area (Å²) >= 11 is 0. The van der Waals surface area contributed by atoms with Crippen molar-refractivity contribution in [2.45, 2.75) is 6.92 Å². The molecule has 0 aliphatic carbocycles. The predicted octanol–water partition coefficient (Wildman–Crippen LogP) is 1.30. The highest BCUT2D eigenvalue weighted by Crippen LogP contribution is 2.19. The van der Waals surface area contributed by atoms with Gasteiger partial charge in [-0.2, -0.15) is 5.26 Å². The average molecular weight is 190 g/mol. The van der Waals surface area contributed by atoms with Crippen LogP contribution in [0, 0.1) is 18.3 Å². The zero-order chi connectivity index (χ0) is 10.6. The molecule has 0 aliphatic rings. The van der Waals surface area contributed by atoms with Gasteiger partial charge >= 0.3 is 0 Å². The van der Waals surface area contributed by atoms with Crippen molar-refractivity contribution in [2.75, 3.05) is 25.1 Å². The van der Waals surface area contributed by atoms with Gasteiger partial charge in [-0.05, 0) is 24.6 Å². The van der Waals surface area contributed by atoms with Gasteiger partial charge in [-0.15, -0.1) is 0 Å². The number of rotatable bonds is 3. The van der Waals surface area contributed by atoms with Crippen LogP contribution in [0.5, 0.6) is 0 Å². The first-order valence-corrected chi connectivity index (χ1v) is 4.51. The Morgan fingerprint density at radius 2 is 2.21 bits per heavy atom. The molecule has 0 saturated carbocycles. The van der Waals surface area contributed by atoms with E-state index in [0.717, 1.165) is 11.3 Å². The minimum absolute atomic E-state index is 0.0925. The molecule has 1 aromatic carbocycles. The summed E-state index contributed by atoms with van der Waals surface area (Å²) < 4.78 is 0. The van der Waals surface area contributed by atoms with E-state index in [2.05, 4.69) is 6.07 Å². The molecule has 0 radical (unpaired) electrons. The molecule has 1 N–H and O–H groups in total. The second kappa shape index (κ2) is 4.64. The van der Waals surface area contributed by atoms with Crippen molar-refractivity contribution in [1.82, 2.24) is 0 Å². The lowest BCUT2D eigenvalue weighted by Crippen LogP contribution is -2.22. The van der Waals surface area contributed by atoms with E-state index in [4.69, 9.17) is 10.4 Å². The van der Waals surface area contributed by atoms with Gasteiger partial charge in [-0.1, -0.05) is 6.07 Å². The van der Waals surface area contributed by atoms with Crippen molar-refractivity contribution in [3.8, 4) is 6.07 Å². The van der Waals surface area contributed by atoms with Gasteiger partial charge in [-0.25, -0.2) is 0 Å². The highest BCUT2D eigenvalue weighted by molar-refractivity contribution is 5.59. The SMILES string of the molecule is Cc1ccc(N(C)CCO)c(C#N)c1. The number of hydrogen-bond acceptors (Lipinski definition) is 3. The molecule has 3 nitrogen and oxygen atoms in total. The standard InChI is InChI=1S/C11H14N2O/c1-9-3-4-11(10(7-9)8-12)13(2)5-6-14/h3-4,7,14H,5-6H2,1-2H3. The van der Waals surface area contributed by atoms with E-state index >= 15 is 0 Å². The molecule has 0 unspecified atom stereocenters. The minimum atomic E-state index is 0.0925. The Kier molecular flexibility index (Phi) is 3.49. The van der Waals surface area contributed by atoms with E-state index in [1.54, 1.807) is 0 Å². The number of nitriles is 1. The molecule has 0 spiro atoms. The topological polar surface area (TPSA) is 47.3 Å². The van der Waals surface area contributed by atoms with Crippen LogP contribution in [-0.2, 0) is 0 Å². The summed E-state index contributed by atoms with van der Waals surface area (Å²) in [4.78, 5) is 1.87. The van der Waals surface area contributed by atoms with Crippen molar-refractivity contribution in [3.63, 3.8) is 0 Å². The van der Waals surface area contributed by atoms with Gasteiger partial charge in [0.05, 0.1) is 17.9 Å². The summed E-state index contributed by atoms with van der Waals surface area (Å²) in [7, 11) is 1.86. The molecule has 74 valence electrons. The lowest BCUT2D eigenvalue weighted by Gasteiger charge is -2.19. The fraction of sp³-hybridized carbons (Fsp3) is 0.364. The molecular weight excluding hydrogens is 176 g/mol. The first kappa shape index (κ1) is 10.6. The highest BCUT2D eigenvalue weighted by atomic mass is 16.3. The second-order valence-corrected chi connectivity index (χ2v) is 3.28. The molecule has 0 atom stereocenters. The van der Waals surface area contributed by atoms with Gasteiger partial charge < -0.3 is 10.0 Å². The Balaban J connectivity index is 3.03. The van der Waals surface area contributed by atoms with Crippen LogP contribution in [-0.4, -0.2) is 25.3 Å². The molecule has 0 fully saturated rings. The third-order valence-electron chi connectivity index (χ3n) is 2.12. The predicted molar refractivity (Wildman–Crippen MR) is 56.2 cm³/mol. The van der Waals surface area contributed by atoms with E-state index in [0.29, 0.717) is 12.1 Å². The van der Waals surface area contributed by atoms with E-state index < -0.39 is 0 Å². The monoisotopic (exact) mass is 190 g/mol. The summed E-state index contributed by atoms with van der Waals surface area (Å²) in [5.74, 6) is 0. The van der Waals surface area contributed by atoms with Crippen LogP contribution in [0.25, 0.3) is 0 Å². The van der Waals surface area contributed by atoms with E-state index in [-0.39, 0.29) is 6.61 Å². The quantitative estimate of drug-likeness (QED) is 0.781. The normalized spacial score (nSPS) is 9.57. The number of likely N-dealkylation sites (N-methyl/N-ethyl adjacent to an activating group) is 1. The number of aryl methyl sites for hydroxylation is 1. The van der Waals surface area contributed by atoms with Gasteiger partial charge in [0.2, 0.25) is 0 Å². The van der Waals surface area contributed by atoms with Crippen molar-refractivity contribution < 1.29 is 5.11 Å². The van der Waals surface area contributed by atoms with Gasteiger partial charge in [0.25, 0.3) is 0 Å². The Hall–Kier alpha value is -1.53. The van der Waals surface area contributed by atoms with E-state index in [1.165, 1.54) is 0 Å². The van der Waals surface area contributed by atoms with Crippen LogP contribution in [0.3, 0.4) is 0 Å². The molecular formula is C11H14N2O. The van der Waals surface area contributed by atoms with Crippen LogP contribution >= 0.6 is 0 Å².